The highest BCUT2D eigenvalue weighted by Crippen LogP contribution is 2.06. The molecule has 0 unspecified atom stereocenters. The summed E-state index contributed by atoms with van der Waals surface area (Å²) in [5.41, 5.74) is 2.33. The fourth-order valence-electron chi connectivity index (χ4n) is 1.14. The zero-order chi connectivity index (χ0) is 7.68. The summed E-state index contributed by atoms with van der Waals surface area (Å²) in [6.45, 7) is 2.03. The number of nitrogens with one attached hydrogen (secondary N) is 1. The van der Waals surface area contributed by atoms with Gasteiger partial charge in [0, 0.05) is 5.39 Å². The minimum absolute atomic E-state index is 1.09. The predicted octanol–water partition coefficient (Wildman–Crippen LogP) is 0.940. The van der Waals surface area contributed by atoms with Crippen LogP contribution in [-0.4, -0.2) is 17.5 Å². The van der Waals surface area contributed by atoms with Gasteiger partial charge in [-0.2, -0.15) is 5.10 Å². The van der Waals surface area contributed by atoms with Crippen LogP contribution in [0, 0.1) is 0 Å². The number of hydrogen-bond acceptors (Lipinski definition) is 1. The second kappa shape index (κ2) is 2.42. The third kappa shape index (κ3) is 1.02. The quantitative estimate of drug-likeness (QED) is 0.591. The Morgan fingerprint density at radius 2 is 2.36 bits per heavy atom. The van der Waals surface area contributed by atoms with E-state index < -0.39 is 0 Å². The third-order valence-electron chi connectivity index (χ3n) is 1.80. The van der Waals surface area contributed by atoms with E-state index in [1.807, 2.05) is 19.1 Å². The van der Waals surface area contributed by atoms with Gasteiger partial charge in [0.25, 0.3) is 0 Å². The van der Waals surface area contributed by atoms with Crippen LogP contribution < -0.4 is 5.46 Å². The minimum atomic E-state index is 1.09. The van der Waals surface area contributed by atoms with Gasteiger partial charge in [0.1, 0.15) is 7.28 Å². The van der Waals surface area contributed by atoms with Crippen molar-refractivity contribution in [3.63, 3.8) is 0 Å². The third-order valence-corrected chi connectivity index (χ3v) is 1.80. The summed E-state index contributed by atoms with van der Waals surface area (Å²) in [6.07, 6.45) is 1.84. The van der Waals surface area contributed by atoms with Gasteiger partial charge in [-0.1, -0.05) is 24.4 Å². The molecule has 1 aromatic heterocycles. The first kappa shape index (κ1) is 6.46. The maximum absolute atomic E-state index is 3.94. The number of rotatable bonds is 1. The Bertz CT molecular complexity index is 367. The number of benzene rings is 1. The van der Waals surface area contributed by atoms with E-state index in [9.17, 15) is 0 Å². The van der Waals surface area contributed by atoms with Crippen molar-refractivity contribution in [3.8, 4) is 0 Å². The fourth-order valence-corrected chi connectivity index (χ4v) is 1.14. The van der Waals surface area contributed by atoms with Crippen molar-refractivity contribution in [1.29, 1.82) is 0 Å². The van der Waals surface area contributed by atoms with E-state index in [-0.39, 0.29) is 0 Å². The summed E-state index contributed by atoms with van der Waals surface area (Å²) >= 11 is 0. The molecule has 0 fully saturated rings. The molecule has 0 saturated heterocycles. The van der Waals surface area contributed by atoms with E-state index in [1.54, 1.807) is 0 Å². The lowest BCUT2D eigenvalue weighted by atomic mass is 9.73. The number of H-pyrrole nitrogens is 1. The normalized spacial score (nSPS) is 10.3. The molecule has 0 aliphatic carbocycles. The van der Waals surface area contributed by atoms with E-state index in [1.165, 1.54) is 10.8 Å². The Balaban J connectivity index is 2.67. The maximum atomic E-state index is 3.94. The van der Waals surface area contributed by atoms with Crippen LogP contribution in [-0.2, 0) is 0 Å². The van der Waals surface area contributed by atoms with Crippen molar-refractivity contribution in [2.45, 2.75) is 6.82 Å². The van der Waals surface area contributed by atoms with Gasteiger partial charge in [0.05, 0.1) is 11.7 Å². The molecule has 11 heavy (non-hydrogen) atoms. The number of aromatic amines is 1. The molecule has 1 radical (unpaired) electrons. The van der Waals surface area contributed by atoms with Crippen LogP contribution in [0.15, 0.2) is 24.4 Å². The second-order valence-electron chi connectivity index (χ2n) is 2.51. The zero-order valence-corrected chi connectivity index (χ0v) is 6.33. The van der Waals surface area contributed by atoms with Crippen LogP contribution >= 0.6 is 0 Å². The van der Waals surface area contributed by atoms with E-state index >= 15 is 0 Å². The first-order chi connectivity index (χ1) is 5.40. The van der Waals surface area contributed by atoms with E-state index in [0.29, 0.717) is 0 Å². The van der Waals surface area contributed by atoms with Gasteiger partial charge in [-0.25, -0.2) is 0 Å². The van der Waals surface area contributed by atoms with Gasteiger partial charge < -0.3 is 0 Å². The van der Waals surface area contributed by atoms with Gasteiger partial charge in [-0.15, -0.1) is 0 Å². The Morgan fingerprint density at radius 1 is 1.45 bits per heavy atom. The smallest absolute Gasteiger partial charge is 0.148 e. The molecule has 2 rings (SSSR count). The van der Waals surface area contributed by atoms with Crippen molar-refractivity contribution < 1.29 is 0 Å². The molecule has 1 heterocycles. The Labute approximate surface area is 65.9 Å². The van der Waals surface area contributed by atoms with E-state index in [2.05, 4.69) is 29.6 Å². The zero-order valence-electron chi connectivity index (χ0n) is 6.33. The van der Waals surface area contributed by atoms with Crippen molar-refractivity contribution in [1.82, 2.24) is 10.2 Å². The molecule has 53 valence electrons. The largest absolute Gasteiger partial charge is 0.278 e. The average molecular weight is 143 g/mol. The van der Waals surface area contributed by atoms with Gasteiger partial charge in [0.15, 0.2) is 0 Å². The first-order valence-electron chi connectivity index (χ1n) is 3.62. The van der Waals surface area contributed by atoms with Gasteiger partial charge in [0.2, 0.25) is 0 Å². The monoisotopic (exact) mass is 143 g/mol. The molecule has 0 saturated carbocycles. The number of nitrogens with zero attached hydrogens (tertiary/aromatic N) is 1. The molecular weight excluding hydrogens is 135 g/mol. The number of aromatic nitrogens is 2. The first-order valence-corrected chi connectivity index (χ1v) is 3.62. The van der Waals surface area contributed by atoms with Crippen LogP contribution in [0.5, 0.6) is 0 Å². The number of fused-ring (bicyclic) bond motifs is 1. The van der Waals surface area contributed by atoms with Gasteiger partial charge >= 0.3 is 0 Å². The molecule has 0 spiro atoms. The molecule has 1 N–H and O–H groups in total. The Morgan fingerprint density at radius 3 is 3.18 bits per heavy atom. The summed E-state index contributed by atoms with van der Waals surface area (Å²) in [7, 11) is 2.08. The van der Waals surface area contributed by atoms with Crippen LogP contribution in [0.3, 0.4) is 0 Å². The summed E-state index contributed by atoms with van der Waals surface area (Å²) in [5, 5.41) is 8.01. The van der Waals surface area contributed by atoms with E-state index in [4.69, 9.17) is 0 Å². The van der Waals surface area contributed by atoms with Crippen molar-refractivity contribution >= 4 is 23.6 Å². The van der Waals surface area contributed by atoms with Crippen LogP contribution in [0.25, 0.3) is 10.9 Å². The summed E-state index contributed by atoms with van der Waals surface area (Å²) < 4.78 is 0. The molecule has 0 aliphatic heterocycles. The van der Waals surface area contributed by atoms with Crippen LogP contribution in [0.1, 0.15) is 0 Å². The van der Waals surface area contributed by atoms with Crippen LogP contribution in [0.2, 0.25) is 6.82 Å². The van der Waals surface area contributed by atoms with Gasteiger partial charge in [-0.05, 0) is 6.07 Å². The number of hydrogen-bond donors (Lipinski definition) is 1. The molecule has 3 heteroatoms. The Hall–Kier alpha value is -1.25. The summed E-state index contributed by atoms with van der Waals surface area (Å²) in [6, 6.07) is 6.22. The lowest BCUT2D eigenvalue weighted by Gasteiger charge is -1.93. The van der Waals surface area contributed by atoms with Crippen molar-refractivity contribution in [2.24, 2.45) is 0 Å². The minimum Gasteiger partial charge on any atom is -0.278 e. The molecule has 0 bridgehead atoms. The highest BCUT2D eigenvalue weighted by Gasteiger charge is 1.95. The van der Waals surface area contributed by atoms with E-state index in [0.717, 1.165) is 5.52 Å². The molecule has 1 aromatic carbocycles. The summed E-state index contributed by atoms with van der Waals surface area (Å²) in [4.78, 5) is 0. The average Bonchev–Trinajstić information content (AvgIpc) is 2.50. The standard InChI is InChI=1S/C8H8BN2/c1-9-7-2-3-8-6(4-7)5-10-11-8/h2-5H,1H3,(H,10,11). The van der Waals surface area contributed by atoms with Gasteiger partial charge in [-0.3, -0.25) is 5.10 Å². The lowest BCUT2D eigenvalue weighted by Crippen LogP contribution is -2.08. The lowest BCUT2D eigenvalue weighted by molar-refractivity contribution is 1.12. The van der Waals surface area contributed by atoms with Crippen LogP contribution in [0.4, 0.5) is 0 Å². The molecule has 0 amide bonds. The molecule has 0 aliphatic rings. The predicted molar refractivity (Wildman–Crippen MR) is 47.3 cm³/mol. The van der Waals surface area contributed by atoms with Crippen molar-refractivity contribution in [3.05, 3.63) is 24.4 Å². The topological polar surface area (TPSA) is 28.7 Å². The maximum Gasteiger partial charge on any atom is 0.148 e. The highest BCUT2D eigenvalue weighted by molar-refractivity contribution is 6.52. The molecular formula is C8H8BN2. The SMILES string of the molecule is C[B]c1ccc2[nH]ncc2c1. The second-order valence-corrected chi connectivity index (χ2v) is 2.51. The summed E-state index contributed by atoms with van der Waals surface area (Å²) in [5.74, 6) is 0. The Kier molecular flexibility index (Phi) is 1.42. The van der Waals surface area contributed by atoms with Crippen molar-refractivity contribution in [2.75, 3.05) is 0 Å². The fraction of sp³-hybridized carbons (Fsp3) is 0.125. The molecule has 0 atom stereocenters. The molecule has 2 nitrogen and oxygen atoms in total. The molecule has 2 aromatic rings. The highest BCUT2D eigenvalue weighted by atomic mass is 15.1.